The van der Waals surface area contributed by atoms with E-state index in [1.54, 1.807) is 24.3 Å². The molecule has 0 amide bonds. The van der Waals surface area contributed by atoms with Crippen molar-refractivity contribution in [1.82, 2.24) is 9.97 Å². The quantitative estimate of drug-likeness (QED) is 0.441. The van der Waals surface area contributed by atoms with Crippen molar-refractivity contribution >= 4 is 28.0 Å². The van der Waals surface area contributed by atoms with Gasteiger partial charge in [0.15, 0.2) is 0 Å². The maximum atomic E-state index is 12.1. The summed E-state index contributed by atoms with van der Waals surface area (Å²) in [4.78, 5) is 19.5. The molecule has 33 heavy (non-hydrogen) atoms. The number of rotatable bonds is 11. The van der Waals surface area contributed by atoms with Crippen LogP contribution in [0, 0.1) is 0 Å². The number of ether oxygens (including phenoxy) is 1. The minimum Gasteiger partial charge on any atom is -0.481 e. The van der Waals surface area contributed by atoms with Gasteiger partial charge >= 0.3 is 5.97 Å². The van der Waals surface area contributed by atoms with Crippen molar-refractivity contribution in [3.8, 4) is 11.6 Å². The Labute approximate surface area is 193 Å². The summed E-state index contributed by atoms with van der Waals surface area (Å²) in [7, 11) is -2.29. The number of hydrogen-bond acceptors (Lipinski definition) is 8. The van der Waals surface area contributed by atoms with Gasteiger partial charge in [-0.25, -0.2) is 17.7 Å². The highest BCUT2D eigenvalue weighted by Gasteiger charge is 2.23. The standard InChI is InChI=1S/C22H29N3O7S/c1-14(2)20-18(11-10-15(26)12-16(27)13-19(28)29)21(32-17-8-6-5-7-9-17)24-22(23-20)25(3)33(4,30)31/h5-11,14-16,26-27H,12-13H2,1-4H3,(H,28,29)/b11-10+/t15-,16-/m1/s1. The van der Waals surface area contributed by atoms with E-state index in [0.717, 1.165) is 10.6 Å². The second-order valence-electron chi connectivity index (χ2n) is 7.84. The number of nitrogens with zero attached hydrogens (tertiary/aromatic N) is 3. The number of para-hydroxylation sites is 1. The fraction of sp³-hybridized carbons (Fsp3) is 0.409. The lowest BCUT2D eigenvalue weighted by Crippen LogP contribution is -2.27. The van der Waals surface area contributed by atoms with Crippen molar-refractivity contribution in [3.05, 3.63) is 47.7 Å². The number of anilines is 1. The first-order valence-electron chi connectivity index (χ1n) is 10.2. The predicted molar refractivity (Wildman–Crippen MR) is 124 cm³/mol. The number of hydrogen-bond donors (Lipinski definition) is 3. The molecule has 0 bridgehead atoms. The van der Waals surface area contributed by atoms with Crippen LogP contribution in [0.1, 0.15) is 43.9 Å². The van der Waals surface area contributed by atoms with Crippen LogP contribution in [0.3, 0.4) is 0 Å². The molecule has 0 fully saturated rings. The minimum absolute atomic E-state index is 0.0679. The molecule has 10 nitrogen and oxygen atoms in total. The zero-order valence-corrected chi connectivity index (χ0v) is 19.7. The van der Waals surface area contributed by atoms with Crippen molar-refractivity contribution in [2.75, 3.05) is 17.6 Å². The van der Waals surface area contributed by atoms with Crippen LogP contribution >= 0.6 is 0 Å². The molecule has 1 aromatic heterocycles. The normalized spacial score (nSPS) is 13.8. The molecule has 1 heterocycles. The molecule has 1 aromatic carbocycles. The van der Waals surface area contributed by atoms with Crippen molar-refractivity contribution in [2.24, 2.45) is 0 Å². The number of sulfonamides is 1. The van der Waals surface area contributed by atoms with Crippen LogP contribution in [0.2, 0.25) is 0 Å². The third-order valence-electron chi connectivity index (χ3n) is 4.62. The molecule has 0 saturated heterocycles. The highest BCUT2D eigenvalue weighted by molar-refractivity contribution is 7.92. The summed E-state index contributed by atoms with van der Waals surface area (Å²) >= 11 is 0. The fourth-order valence-electron chi connectivity index (χ4n) is 2.87. The molecule has 0 aliphatic heterocycles. The van der Waals surface area contributed by atoms with Crippen LogP contribution in [0.25, 0.3) is 6.08 Å². The first-order chi connectivity index (χ1) is 15.4. The summed E-state index contributed by atoms with van der Waals surface area (Å²) < 4.78 is 31.0. The summed E-state index contributed by atoms with van der Waals surface area (Å²) in [6.07, 6.45) is 0.931. The van der Waals surface area contributed by atoms with Crippen LogP contribution in [-0.4, -0.2) is 65.2 Å². The first kappa shape index (κ1) is 26.2. The SMILES string of the molecule is CC(C)c1nc(N(C)S(C)(=O)=O)nc(Oc2ccccc2)c1/C=C/[C@@H](O)C[C@@H](O)CC(=O)O. The third kappa shape index (κ3) is 7.81. The Morgan fingerprint density at radius 1 is 1.18 bits per heavy atom. The van der Waals surface area contributed by atoms with E-state index in [2.05, 4.69) is 9.97 Å². The van der Waals surface area contributed by atoms with E-state index in [1.807, 2.05) is 19.9 Å². The Morgan fingerprint density at radius 3 is 2.36 bits per heavy atom. The molecule has 0 radical (unpaired) electrons. The molecule has 0 spiro atoms. The molecule has 2 rings (SSSR count). The Balaban J connectivity index is 2.52. The smallest absolute Gasteiger partial charge is 0.305 e. The van der Waals surface area contributed by atoms with Gasteiger partial charge in [-0.3, -0.25) is 4.79 Å². The van der Waals surface area contributed by atoms with Crippen LogP contribution < -0.4 is 9.04 Å². The van der Waals surface area contributed by atoms with Crippen LogP contribution in [0.4, 0.5) is 5.95 Å². The maximum absolute atomic E-state index is 12.1. The van der Waals surface area contributed by atoms with E-state index in [4.69, 9.17) is 9.84 Å². The topological polar surface area (TPSA) is 150 Å². The minimum atomic E-state index is -3.63. The highest BCUT2D eigenvalue weighted by Crippen LogP contribution is 2.32. The maximum Gasteiger partial charge on any atom is 0.305 e. The van der Waals surface area contributed by atoms with Gasteiger partial charge in [0.05, 0.1) is 36.1 Å². The zero-order chi connectivity index (χ0) is 24.8. The van der Waals surface area contributed by atoms with Crippen molar-refractivity contribution in [2.45, 2.75) is 44.8 Å². The van der Waals surface area contributed by atoms with Gasteiger partial charge in [-0.1, -0.05) is 38.1 Å². The first-order valence-corrected chi connectivity index (χ1v) is 12.1. The zero-order valence-electron chi connectivity index (χ0n) is 18.9. The number of aromatic nitrogens is 2. The number of carboxylic acids is 1. The number of carboxylic acid groups (broad SMARTS) is 1. The molecule has 0 aliphatic carbocycles. The largest absolute Gasteiger partial charge is 0.481 e. The third-order valence-corrected chi connectivity index (χ3v) is 5.78. The van der Waals surface area contributed by atoms with Crippen molar-refractivity contribution < 1.29 is 33.3 Å². The van der Waals surface area contributed by atoms with Gasteiger partial charge in [0, 0.05) is 13.5 Å². The summed E-state index contributed by atoms with van der Waals surface area (Å²) in [5.74, 6) is -0.849. The summed E-state index contributed by atoms with van der Waals surface area (Å²) in [5.41, 5.74) is 0.905. The highest BCUT2D eigenvalue weighted by atomic mass is 32.2. The number of aliphatic hydroxyl groups excluding tert-OH is 2. The van der Waals surface area contributed by atoms with E-state index in [0.29, 0.717) is 17.0 Å². The Kier molecular flexibility index (Phi) is 8.91. The van der Waals surface area contributed by atoms with Gasteiger partial charge in [0.25, 0.3) is 0 Å². The van der Waals surface area contributed by atoms with Crippen molar-refractivity contribution in [3.63, 3.8) is 0 Å². The van der Waals surface area contributed by atoms with E-state index in [9.17, 15) is 23.4 Å². The van der Waals surface area contributed by atoms with Crippen LogP contribution in [0.15, 0.2) is 36.4 Å². The molecule has 11 heteroatoms. The van der Waals surface area contributed by atoms with E-state index in [-0.39, 0.29) is 24.2 Å². The van der Waals surface area contributed by atoms with Gasteiger partial charge in [-0.15, -0.1) is 0 Å². The lowest BCUT2D eigenvalue weighted by Gasteiger charge is -2.20. The van der Waals surface area contributed by atoms with Crippen LogP contribution in [0.5, 0.6) is 11.6 Å². The molecule has 2 aromatic rings. The van der Waals surface area contributed by atoms with Gasteiger partial charge in [-0.05, 0) is 24.1 Å². The van der Waals surface area contributed by atoms with Gasteiger partial charge < -0.3 is 20.1 Å². The number of benzene rings is 1. The van der Waals surface area contributed by atoms with Crippen molar-refractivity contribution in [1.29, 1.82) is 0 Å². The summed E-state index contributed by atoms with van der Waals surface area (Å²) in [5, 5.41) is 28.8. The average molecular weight is 480 g/mol. The molecular weight excluding hydrogens is 450 g/mol. The Bertz CT molecular complexity index is 1090. The second-order valence-corrected chi connectivity index (χ2v) is 9.86. The monoisotopic (exact) mass is 479 g/mol. The molecule has 180 valence electrons. The number of carbonyl (C=O) groups is 1. The van der Waals surface area contributed by atoms with E-state index >= 15 is 0 Å². The lowest BCUT2D eigenvalue weighted by atomic mass is 10.0. The molecule has 0 unspecified atom stereocenters. The second kappa shape index (κ2) is 11.2. The van der Waals surface area contributed by atoms with Crippen LogP contribution in [-0.2, 0) is 14.8 Å². The van der Waals surface area contributed by atoms with E-state index < -0.39 is 34.6 Å². The fourth-order valence-corrected chi connectivity index (χ4v) is 3.25. The van der Waals surface area contributed by atoms with Gasteiger partial charge in [0.2, 0.25) is 21.9 Å². The van der Waals surface area contributed by atoms with Gasteiger partial charge in [-0.2, -0.15) is 4.98 Å². The summed E-state index contributed by atoms with van der Waals surface area (Å²) in [6, 6.07) is 8.78. The Morgan fingerprint density at radius 2 is 1.82 bits per heavy atom. The molecular formula is C22H29N3O7S. The lowest BCUT2D eigenvalue weighted by molar-refractivity contribution is -0.139. The summed E-state index contributed by atoms with van der Waals surface area (Å²) in [6.45, 7) is 3.73. The number of aliphatic hydroxyl groups is 2. The average Bonchev–Trinajstić information content (AvgIpc) is 2.71. The molecule has 0 saturated carbocycles. The Hall–Kier alpha value is -3.02. The molecule has 2 atom stereocenters. The number of aliphatic carboxylic acids is 1. The molecule has 3 N–H and O–H groups in total. The van der Waals surface area contributed by atoms with Gasteiger partial charge in [0.1, 0.15) is 5.75 Å². The molecule has 0 aliphatic rings. The predicted octanol–water partition coefficient (Wildman–Crippen LogP) is 2.39. The van der Waals surface area contributed by atoms with E-state index in [1.165, 1.54) is 19.2 Å².